The molecule has 2 aromatic rings. The molecule has 0 heterocycles. The molecule has 0 aliphatic rings. The minimum absolute atomic E-state index is 0.325. The Bertz CT molecular complexity index is 604. The zero-order chi connectivity index (χ0) is 14.0. The molecule has 100 valence electrons. The van der Waals surface area contributed by atoms with Gasteiger partial charge in [0, 0.05) is 3.57 Å². The fourth-order valence-electron chi connectivity index (χ4n) is 1.75. The number of benzene rings is 2. The Morgan fingerprint density at radius 2 is 2.00 bits per heavy atom. The summed E-state index contributed by atoms with van der Waals surface area (Å²) in [7, 11) is 1.51. The molecule has 0 radical (unpaired) electrons. The van der Waals surface area contributed by atoms with Gasteiger partial charge in [0.25, 0.3) is 0 Å². The van der Waals surface area contributed by atoms with E-state index in [4.69, 9.17) is 16.3 Å². The lowest BCUT2D eigenvalue weighted by Crippen LogP contribution is -2.03. The molecule has 1 atom stereocenters. The number of hydrogen-bond donors (Lipinski definition) is 1. The molecule has 0 fully saturated rings. The van der Waals surface area contributed by atoms with Gasteiger partial charge in [-0.2, -0.15) is 0 Å². The number of ether oxygens (including phenoxy) is 1. The first-order valence-electron chi connectivity index (χ1n) is 5.49. The number of aliphatic hydroxyl groups is 1. The Morgan fingerprint density at radius 1 is 1.26 bits per heavy atom. The standard InChI is InChI=1S/C14H11ClFIO2/c1-19-13-6-8(2-5-11(13)15)14(18)10-4-3-9(16)7-12(10)17/h2-7,14,18H,1H3. The van der Waals surface area contributed by atoms with Gasteiger partial charge in [-0.05, 0) is 58.0 Å². The molecule has 0 saturated heterocycles. The molecule has 0 aliphatic heterocycles. The molecule has 1 unspecified atom stereocenters. The minimum Gasteiger partial charge on any atom is -0.495 e. The Hall–Kier alpha value is -0.850. The fourth-order valence-corrected chi connectivity index (χ4v) is 2.72. The fraction of sp³-hybridized carbons (Fsp3) is 0.143. The van der Waals surface area contributed by atoms with Crippen LogP contribution in [-0.4, -0.2) is 12.2 Å². The van der Waals surface area contributed by atoms with Gasteiger partial charge in [0.05, 0.1) is 12.1 Å². The van der Waals surface area contributed by atoms with E-state index >= 15 is 0 Å². The summed E-state index contributed by atoms with van der Waals surface area (Å²) in [6, 6.07) is 9.33. The maximum atomic E-state index is 13.1. The average Bonchev–Trinajstić information content (AvgIpc) is 2.38. The first kappa shape index (κ1) is 14.6. The van der Waals surface area contributed by atoms with Crippen LogP contribution in [0.4, 0.5) is 4.39 Å². The maximum absolute atomic E-state index is 13.1. The van der Waals surface area contributed by atoms with E-state index in [1.807, 2.05) is 22.6 Å². The van der Waals surface area contributed by atoms with E-state index in [0.717, 1.165) is 0 Å². The predicted molar refractivity (Wildman–Crippen MR) is 81.2 cm³/mol. The largest absolute Gasteiger partial charge is 0.495 e. The number of methoxy groups -OCH3 is 1. The van der Waals surface area contributed by atoms with Gasteiger partial charge in [-0.25, -0.2) is 4.39 Å². The van der Waals surface area contributed by atoms with E-state index in [9.17, 15) is 9.50 Å². The molecule has 2 aromatic carbocycles. The first-order chi connectivity index (χ1) is 9.02. The van der Waals surface area contributed by atoms with Crippen molar-refractivity contribution in [2.24, 2.45) is 0 Å². The minimum atomic E-state index is -0.848. The van der Waals surface area contributed by atoms with E-state index in [1.54, 1.807) is 24.3 Å². The molecule has 0 aromatic heterocycles. The van der Waals surface area contributed by atoms with Gasteiger partial charge in [0.15, 0.2) is 0 Å². The van der Waals surface area contributed by atoms with Gasteiger partial charge in [-0.15, -0.1) is 0 Å². The topological polar surface area (TPSA) is 29.5 Å². The van der Waals surface area contributed by atoms with Gasteiger partial charge in [-0.3, -0.25) is 0 Å². The van der Waals surface area contributed by atoms with E-state index < -0.39 is 6.10 Å². The highest BCUT2D eigenvalue weighted by atomic mass is 127. The molecule has 5 heteroatoms. The van der Waals surface area contributed by atoms with Crippen LogP contribution < -0.4 is 4.74 Å². The lowest BCUT2D eigenvalue weighted by Gasteiger charge is -2.15. The zero-order valence-electron chi connectivity index (χ0n) is 10.0. The highest BCUT2D eigenvalue weighted by molar-refractivity contribution is 14.1. The van der Waals surface area contributed by atoms with Gasteiger partial charge in [-0.1, -0.05) is 23.7 Å². The van der Waals surface area contributed by atoms with Crippen molar-refractivity contribution >= 4 is 34.2 Å². The molecule has 0 saturated carbocycles. The Balaban J connectivity index is 2.40. The molecule has 0 spiro atoms. The summed E-state index contributed by atoms with van der Waals surface area (Å²) >= 11 is 7.94. The van der Waals surface area contributed by atoms with Crippen molar-refractivity contribution in [3.63, 3.8) is 0 Å². The van der Waals surface area contributed by atoms with Crippen molar-refractivity contribution in [3.05, 3.63) is 61.9 Å². The monoisotopic (exact) mass is 392 g/mol. The predicted octanol–water partition coefficient (Wildman–Crippen LogP) is 4.17. The Labute approximate surface area is 129 Å². The van der Waals surface area contributed by atoms with Crippen LogP contribution >= 0.6 is 34.2 Å². The van der Waals surface area contributed by atoms with Crippen LogP contribution in [0.5, 0.6) is 5.75 Å². The molecular weight excluding hydrogens is 382 g/mol. The van der Waals surface area contributed by atoms with Gasteiger partial charge < -0.3 is 9.84 Å². The Morgan fingerprint density at radius 3 is 2.63 bits per heavy atom. The molecule has 2 rings (SSSR count). The van der Waals surface area contributed by atoms with Crippen LogP contribution in [0, 0.1) is 9.39 Å². The molecule has 1 N–H and O–H groups in total. The molecule has 0 amide bonds. The van der Waals surface area contributed by atoms with Crippen LogP contribution in [0.25, 0.3) is 0 Å². The second-order valence-electron chi connectivity index (χ2n) is 3.96. The van der Waals surface area contributed by atoms with Crippen LogP contribution in [0.3, 0.4) is 0 Å². The molecule has 2 nitrogen and oxygen atoms in total. The van der Waals surface area contributed by atoms with Gasteiger partial charge in [0.1, 0.15) is 17.7 Å². The SMILES string of the molecule is COc1cc(C(O)c2ccc(F)cc2I)ccc1Cl. The van der Waals surface area contributed by atoms with E-state index in [1.165, 1.54) is 19.2 Å². The van der Waals surface area contributed by atoms with Gasteiger partial charge in [0.2, 0.25) is 0 Å². The smallest absolute Gasteiger partial charge is 0.137 e. The number of rotatable bonds is 3. The zero-order valence-corrected chi connectivity index (χ0v) is 12.9. The number of hydrogen-bond acceptors (Lipinski definition) is 2. The van der Waals surface area contributed by atoms with E-state index in [-0.39, 0.29) is 5.82 Å². The average molecular weight is 393 g/mol. The van der Waals surface area contributed by atoms with Crippen molar-refractivity contribution in [3.8, 4) is 5.75 Å². The molecule has 0 aliphatic carbocycles. The summed E-state index contributed by atoms with van der Waals surface area (Å²) < 4.78 is 18.8. The summed E-state index contributed by atoms with van der Waals surface area (Å²) in [5, 5.41) is 10.8. The molecule has 19 heavy (non-hydrogen) atoms. The summed E-state index contributed by atoms with van der Waals surface area (Å²) in [4.78, 5) is 0. The third-order valence-electron chi connectivity index (χ3n) is 2.75. The van der Waals surface area contributed by atoms with Crippen molar-refractivity contribution in [1.82, 2.24) is 0 Å². The highest BCUT2D eigenvalue weighted by Gasteiger charge is 2.15. The number of aliphatic hydroxyl groups excluding tert-OH is 1. The summed E-state index contributed by atoms with van der Waals surface area (Å²) in [5.74, 6) is 0.171. The quantitative estimate of drug-likeness (QED) is 0.794. The third kappa shape index (κ3) is 3.19. The van der Waals surface area contributed by atoms with Crippen LogP contribution in [0.1, 0.15) is 17.2 Å². The first-order valence-corrected chi connectivity index (χ1v) is 6.95. The lowest BCUT2D eigenvalue weighted by atomic mass is 10.0. The van der Waals surface area contributed by atoms with Crippen LogP contribution in [0.15, 0.2) is 36.4 Å². The van der Waals surface area contributed by atoms with Crippen molar-refractivity contribution in [1.29, 1.82) is 0 Å². The second kappa shape index (κ2) is 6.07. The summed E-state index contributed by atoms with van der Waals surface area (Å²) in [5.41, 5.74) is 1.29. The van der Waals surface area contributed by atoms with Crippen LogP contribution in [0.2, 0.25) is 5.02 Å². The van der Waals surface area contributed by atoms with Gasteiger partial charge >= 0.3 is 0 Å². The van der Waals surface area contributed by atoms with Crippen molar-refractivity contribution in [2.75, 3.05) is 7.11 Å². The maximum Gasteiger partial charge on any atom is 0.137 e. The van der Waals surface area contributed by atoms with Crippen molar-refractivity contribution in [2.45, 2.75) is 6.10 Å². The van der Waals surface area contributed by atoms with E-state index in [0.29, 0.717) is 25.5 Å². The normalized spacial score (nSPS) is 12.3. The summed E-state index contributed by atoms with van der Waals surface area (Å²) in [6.45, 7) is 0. The number of halogens is 3. The van der Waals surface area contributed by atoms with Crippen molar-refractivity contribution < 1.29 is 14.2 Å². The summed E-state index contributed by atoms with van der Waals surface area (Å²) in [6.07, 6.45) is -0.848. The van der Waals surface area contributed by atoms with E-state index in [2.05, 4.69) is 0 Å². The lowest BCUT2D eigenvalue weighted by molar-refractivity contribution is 0.219. The second-order valence-corrected chi connectivity index (χ2v) is 5.53. The Kier molecular flexibility index (Phi) is 4.65. The molecule has 0 bridgehead atoms. The highest BCUT2D eigenvalue weighted by Crippen LogP contribution is 2.32. The molecular formula is C14H11ClFIO2. The third-order valence-corrected chi connectivity index (χ3v) is 3.99. The van der Waals surface area contributed by atoms with Crippen LogP contribution in [-0.2, 0) is 0 Å².